The molecule has 6 N–H and O–H groups in total. The van der Waals surface area contributed by atoms with Crippen LogP contribution in [0.25, 0.3) is 22.6 Å². The van der Waals surface area contributed by atoms with Crippen molar-refractivity contribution in [3.8, 4) is 45.6 Å². The molecule has 0 aliphatic carbocycles. The topological polar surface area (TPSA) is 185 Å². The van der Waals surface area contributed by atoms with E-state index in [9.17, 15) is 25.2 Å². The van der Waals surface area contributed by atoms with Crippen LogP contribution >= 0.6 is 11.6 Å². The Labute approximate surface area is 336 Å². The van der Waals surface area contributed by atoms with Crippen LogP contribution < -0.4 is 29.6 Å². The molecule has 302 valence electrons. The SMILES string of the molecule is COc1cc(-c2cc(-c3cc(CO)c(CO)c(CO)c3)on2)cc(OC)c1OCCCCCCCCOc1ccc(C2NC(=O)c3cc(Cl)ccc3N2)cc1CO. The normalized spacial score (nSPS) is 13.5. The summed E-state index contributed by atoms with van der Waals surface area (Å²) in [6.07, 6.45) is 5.35. The maximum absolute atomic E-state index is 12.7. The average Bonchev–Trinajstić information content (AvgIpc) is 3.74. The fourth-order valence-electron chi connectivity index (χ4n) is 6.85. The molecule has 13 nitrogen and oxygen atoms in total. The fourth-order valence-corrected chi connectivity index (χ4v) is 7.02. The number of hydrogen-bond donors (Lipinski definition) is 6. The molecule has 6 rings (SSSR count). The molecular weight excluding hydrogens is 754 g/mol. The highest BCUT2D eigenvalue weighted by molar-refractivity contribution is 6.31. The molecule has 0 spiro atoms. The first-order valence-electron chi connectivity index (χ1n) is 18.9. The summed E-state index contributed by atoms with van der Waals surface area (Å²) in [6, 6.07) is 19.5. The molecule has 1 unspecified atom stereocenters. The molecule has 0 bridgehead atoms. The molecular formula is C43H48ClN3O10. The number of anilines is 1. The highest BCUT2D eigenvalue weighted by Crippen LogP contribution is 2.42. The number of rotatable bonds is 20. The van der Waals surface area contributed by atoms with Crippen molar-refractivity contribution < 1.29 is 48.7 Å². The molecule has 57 heavy (non-hydrogen) atoms. The molecule has 14 heteroatoms. The monoisotopic (exact) mass is 801 g/mol. The van der Waals surface area contributed by atoms with Gasteiger partial charge in [-0.25, -0.2) is 0 Å². The molecule has 1 aliphatic rings. The van der Waals surface area contributed by atoms with E-state index in [4.69, 9.17) is 35.1 Å². The number of carbonyl (C=O) groups is 1. The standard InChI is InChI=1S/C43H48ClN3O10/c1-53-39-18-27(36-21-38(57-47-36)28-16-29(22-48)34(25-51)30(17-28)23-49)19-40(54-2)41(39)56-14-8-6-4-3-5-7-13-55-37-12-9-26(15-31(37)24-50)42-45-35-11-10-32(44)20-33(35)43(52)46-42/h9-12,15-21,42,45,48-51H,3-8,13-14,22-25H2,1-2H3,(H,46,52). The predicted octanol–water partition coefficient (Wildman–Crippen LogP) is 7.30. The Bertz CT molecular complexity index is 2110. The van der Waals surface area contributed by atoms with Gasteiger partial charge in [-0.05, 0) is 89.7 Å². The van der Waals surface area contributed by atoms with E-state index in [-0.39, 0.29) is 32.3 Å². The van der Waals surface area contributed by atoms with Gasteiger partial charge in [0.1, 0.15) is 17.6 Å². The lowest BCUT2D eigenvalue weighted by Gasteiger charge is -2.28. The van der Waals surface area contributed by atoms with E-state index >= 15 is 0 Å². The summed E-state index contributed by atoms with van der Waals surface area (Å²) in [4.78, 5) is 12.7. The molecule has 0 saturated heterocycles. The highest BCUT2D eigenvalue weighted by atomic mass is 35.5. The third kappa shape index (κ3) is 9.81. The van der Waals surface area contributed by atoms with Gasteiger partial charge in [-0.3, -0.25) is 4.79 Å². The van der Waals surface area contributed by atoms with Crippen LogP contribution in [0.5, 0.6) is 23.0 Å². The maximum atomic E-state index is 12.7. The van der Waals surface area contributed by atoms with Crippen LogP contribution in [0, 0.1) is 0 Å². The summed E-state index contributed by atoms with van der Waals surface area (Å²) in [5.41, 5.74) is 5.93. The molecule has 0 saturated carbocycles. The van der Waals surface area contributed by atoms with E-state index in [1.165, 1.54) is 0 Å². The summed E-state index contributed by atoms with van der Waals surface area (Å²) in [6.45, 7) is -0.0828. The van der Waals surface area contributed by atoms with Crippen molar-refractivity contribution in [1.82, 2.24) is 10.5 Å². The summed E-state index contributed by atoms with van der Waals surface area (Å²) in [7, 11) is 3.12. The van der Waals surface area contributed by atoms with Crippen LogP contribution in [0.1, 0.15) is 82.9 Å². The minimum atomic E-state index is -0.449. The molecule has 2 heterocycles. The second kappa shape index (κ2) is 19.7. The molecule has 4 aromatic carbocycles. The van der Waals surface area contributed by atoms with Crippen LogP contribution in [-0.2, 0) is 26.4 Å². The lowest BCUT2D eigenvalue weighted by Crippen LogP contribution is -2.38. The minimum Gasteiger partial charge on any atom is -0.493 e. The number of halogens is 1. The number of methoxy groups -OCH3 is 2. The van der Waals surface area contributed by atoms with Crippen LogP contribution in [-0.4, -0.2) is 58.9 Å². The van der Waals surface area contributed by atoms with Crippen LogP contribution in [0.15, 0.2) is 71.3 Å². The summed E-state index contributed by atoms with van der Waals surface area (Å²) >= 11 is 6.05. The lowest BCUT2D eigenvalue weighted by atomic mass is 9.97. The second-order valence-electron chi connectivity index (χ2n) is 13.6. The van der Waals surface area contributed by atoms with Gasteiger partial charge in [0, 0.05) is 33.5 Å². The summed E-state index contributed by atoms with van der Waals surface area (Å²) in [5, 5.41) is 50.4. The number of aromatic nitrogens is 1. The molecule has 1 aliphatic heterocycles. The Morgan fingerprint density at radius 2 is 1.33 bits per heavy atom. The minimum absolute atomic E-state index is 0.189. The van der Waals surface area contributed by atoms with Crippen molar-refractivity contribution in [2.75, 3.05) is 32.8 Å². The van der Waals surface area contributed by atoms with E-state index in [1.54, 1.807) is 62.8 Å². The highest BCUT2D eigenvalue weighted by Gasteiger charge is 2.26. The summed E-state index contributed by atoms with van der Waals surface area (Å²) in [5.74, 6) is 2.30. The van der Waals surface area contributed by atoms with Crippen LogP contribution in [0.3, 0.4) is 0 Å². The number of aliphatic hydroxyl groups is 4. The smallest absolute Gasteiger partial charge is 0.255 e. The number of benzene rings is 4. The Kier molecular flexibility index (Phi) is 14.3. The first-order valence-corrected chi connectivity index (χ1v) is 19.2. The number of nitrogens with one attached hydrogen (secondary N) is 2. The maximum Gasteiger partial charge on any atom is 0.255 e. The van der Waals surface area contributed by atoms with Crippen LogP contribution in [0.4, 0.5) is 5.69 Å². The number of nitrogens with zero attached hydrogens (tertiary/aromatic N) is 1. The van der Waals surface area contributed by atoms with Crippen molar-refractivity contribution in [1.29, 1.82) is 0 Å². The number of aliphatic hydroxyl groups excluding tert-OH is 4. The van der Waals surface area contributed by atoms with Crippen molar-refractivity contribution in [3.05, 3.63) is 105 Å². The third-order valence-corrected chi connectivity index (χ3v) is 10.2. The van der Waals surface area contributed by atoms with Gasteiger partial charge in [-0.2, -0.15) is 0 Å². The number of unbranched alkanes of at least 4 members (excludes halogenated alkanes) is 5. The second-order valence-corrected chi connectivity index (χ2v) is 14.1. The predicted molar refractivity (Wildman–Crippen MR) is 215 cm³/mol. The van der Waals surface area contributed by atoms with Crippen molar-refractivity contribution in [2.24, 2.45) is 0 Å². The first-order chi connectivity index (χ1) is 27.8. The quantitative estimate of drug-likeness (QED) is 0.0433. The Morgan fingerprint density at radius 1 is 0.684 bits per heavy atom. The van der Waals surface area contributed by atoms with Gasteiger partial charge in [0.05, 0.1) is 59.4 Å². The van der Waals surface area contributed by atoms with Crippen molar-refractivity contribution in [2.45, 2.75) is 71.1 Å². The zero-order valence-electron chi connectivity index (χ0n) is 32.0. The van der Waals surface area contributed by atoms with Gasteiger partial charge >= 0.3 is 0 Å². The van der Waals surface area contributed by atoms with Gasteiger partial charge in [-0.15, -0.1) is 0 Å². The Hall–Kier alpha value is -5.31. The zero-order chi connectivity index (χ0) is 40.3. The molecule has 0 radical (unpaired) electrons. The largest absolute Gasteiger partial charge is 0.493 e. The van der Waals surface area contributed by atoms with Gasteiger partial charge < -0.3 is 54.5 Å². The van der Waals surface area contributed by atoms with Crippen LogP contribution in [0.2, 0.25) is 5.02 Å². The number of hydrogen-bond acceptors (Lipinski definition) is 12. The number of amides is 1. The van der Waals surface area contributed by atoms with E-state index in [2.05, 4.69) is 15.8 Å². The van der Waals surface area contributed by atoms with Crippen molar-refractivity contribution >= 4 is 23.2 Å². The van der Waals surface area contributed by atoms with E-state index in [0.29, 0.717) is 97.3 Å². The molecule has 5 aromatic rings. The first kappa shape index (κ1) is 41.3. The van der Waals surface area contributed by atoms with Crippen molar-refractivity contribution in [3.63, 3.8) is 0 Å². The van der Waals surface area contributed by atoms with E-state index < -0.39 is 6.17 Å². The zero-order valence-corrected chi connectivity index (χ0v) is 32.7. The molecule has 0 fully saturated rings. The fraction of sp³-hybridized carbons (Fsp3) is 0.349. The number of ether oxygens (including phenoxy) is 4. The number of fused-ring (bicyclic) bond motifs is 1. The number of carbonyl (C=O) groups excluding carboxylic acids is 1. The molecule has 1 atom stereocenters. The lowest BCUT2D eigenvalue weighted by molar-refractivity contribution is 0.0935. The van der Waals surface area contributed by atoms with E-state index in [1.807, 2.05) is 18.2 Å². The van der Waals surface area contributed by atoms with Gasteiger partial charge in [0.25, 0.3) is 5.91 Å². The van der Waals surface area contributed by atoms with Gasteiger partial charge in [0.2, 0.25) is 5.75 Å². The summed E-state index contributed by atoms with van der Waals surface area (Å²) < 4.78 is 29.1. The average molecular weight is 802 g/mol. The third-order valence-electron chi connectivity index (χ3n) is 9.92. The Morgan fingerprint density at radius 3 is 1.96 bits per heavy atom. The molecule has 1 amide bonds. The Balaban J connectivity index is 0.939. The van der Waals surface area contributed by atoms with E-state index in [0.717, 1.165) is 44.1 Å². The molecule has 1 aromatic heterocycles. The van der Waals surface area contributed by atoms with Gasteiger partial charge in [0.15, 0.2) is 17.3 Å². The van der Waals surface area contributed by atoms with Gasteiger partial charge in [-0.1, -0.05) is 48.5 Å².